The lowest BCUT2D eigenvalue weighted by atomic mass is 10.2. The van der Waals surface area contributed by atoms with Gasteiger partial charge in [-0.05, 0) is 31.9 Å². The van der Waals surface area contributed by atoms with Crippen LogP contribution >= 0.6 is 0 Å². The molecule has 0 unspecified atom stereocenters. The minimum atomic E-state index is -0.0131. The zero-order valence-corrected chi connectivity index (χ0v) is 14.3. The third-order valence-corrected chi connectivity index (χ3v) is 3.67. The Morgan fingerprint density at radius 3 is 2.80 bits per heavy atom. The highest BCUT2D eigenvalue weighted by Crippen LogP contribution is 2.18. The lowest BCUT2D eigenvalue weighted by Gasteiger charge is -2.10. The fourth-order valence-electron chi connectivity index (χ4n) is 2.27. The molecule has 0 aliphatic heterocycles. The summed E-state index contributed by atoms with van der Waals surface area (Å²) in [5.41, 5.74) is 1.66. The monoisotopic (exact) mass is 341 g/mol. The SMILES string of the molecule is CCNC(=NCc1coc(-c2ccccc2)n1)NCC(=O)NC1CC1. The van der Waals surface area contributed by atoms with Gasteiger partial charge in [0.15, 0.2) is 5.96 Å². The zero-order chi connectivity index (χ0) is 17.5. The van der Waals surface area contributed by atoms with Crippen molar-refractivity contribution in [2.45, 2.75) is 32.4 Å². The summed E-state index contributed by atoms with van der Waals surface area (Å²) in [5, 5.41) is 9.08. The number of carbonyl (C=O) groups excluding carboxylic acids is 1. The van der Waals surface area contributed by atoms with E-state index in [1.165, 1.54) is 0 Å². The first-order valence-corrected chi connectivity index (χ1v) is 8.56. The third-order valence-electron chi connectivity index (χ3n) is 3.67. The molecule has 132 valence electrons. The molecule has 0 bridgehead atoms. The quantitative estimate of drug-likeness (QED) is 0.526. The molecule has 0 atom stereocenters. The van der Waals surface area contributed by atoms with E-state index in [1.807, 2.05) is 37.3 Å². The van der Waals surface area contributed by atoms with E-state index in [0.29, 0.717) is 31.0 Å². The number of hydrogen-bond donors (Lipinski definition) is 3. The van der Waals surface area contributed by atoms with Crippen LogP contribution in [-0.4, -0.2) is 36.0 Å². The average molecular weight is 341 g/mol. The van der Waals surface area contributed by atoms with Crippen LogP contribution in [0.3, 0.4) is 0 Å². The zero-order valence-electron chi connectivity index (χ0n) is 14.3. The molecule has 0 radical (unpaired) electrons. The second kappa shape index (κ2) is 8.32. The molecule has 1 aromatic heterocycles. The lowest BCUT2D eigenvalue weighted by molar-refractivity contribution is -0.120. The maximum atomic E-state index is 11.8. The van der Waals surface area contributed by atoms with E-state index in [0.717, 1.165) is 24.1 Å². The molecular formula is C18H23N5O2. The van der Waals surface area contributed by atoms with Crippen molar-refractivity contribution in [1.29, 1.82) is 0 Å². The second-order valence-electron chi connectivity index (χ2n) is 5.90. The average Bonchev–Trinajstić information content (AvgIpc) is 3.31. The van der Waals surface area contributed by atoms with E-state index in [1.54, 1.807) is 6.26 Å². The van der Waals surface area contributed by atoms with Crippen molar-refractivity contribution in [1.82, 2.24) is 20.9 Å². The Hall–Kier alpha value is -2.83. The van der Waals surface area contributed by atoms with Crippen molar-refractivity contribution >= 4 is 11.9 Å². The molecule has 25 heavy (non-hydrogen) atoms. The Balaban J connectivity index is 1.55. The number of aromatic nitrogens is 1. The van der Waals surface area contributed by atoms with Gasteiger partial charge in [-0.1, -0.05) is 18.2 Å². The van der Waals surface area contributed by atoms with Gasteiger partial charge in [0.1, 0.15) is 12.0 Å². The standard InChI is InChI=1S/C18H23N5O2/c1-2-19-18(21-11-16(24)22-14-8-9-14)20-10-15-12-25-17(23-15)13-6-4-3-5-7-13/h3-7,12,14H,2,8-11H2,1H3,(H,22,24)(H2,19,20,21). The van der Waals surface area contributed by atoms with Gasteiger partial charge in [0.25, 0.3) is 0 Å². The molecule has 2 aromatic rings. The van der Waals surface area contributed by atoms with Crippen LogP contribution in [0.15, 0.2) is 46.0 Å². The third kappa shape index (κ3) is 5.34. The number of amides is 1. The molecule has 1 fully saturated rings. The molecule has 1 saturated carbocycles. The Morgan fingerprint density at radius 2 is 2.08 bits per heavy atom. The number of guanidine groups is 1. The van der Waals surface area contributed by atoms with Gasteiger partial charge in [-0.3, -0.25) is 4.79 Å². The van der Waals surface area contributed by atoms with Crippen molar-refractivity contribution in [2.24, 2.45) is 4.99 Å². The van der Waals surface area contributed by atoms with Gasteiger partial charge in [0, 0.05) is 18.2 Å². The van der Waals surface area contributed by atoms with Crippen molar-refractivity contribution < 1.29 is 9.21 Å². The fourth-order valence-corrected chi connectivity index (χ4v) is 2.27. The maximum absolute atomic E-state index is 11.8. The first kappa shape index (κ1) is 17.0. The molecule has 1 heterocycles. The summed E-state index contributed by atoms with van der Waals surface area (Å²) in [6.07, 6.45) is 3.76. The van der Waals surface area contributed by atoms with Crippen LogP contribution in [0.2, 0.25) is 0 Å². The Kier molecular flexibility index (Phi) is 5.66. The smallest absolute Gasteiger partial charge is 0.239 e. The summed E-state index contributed by atoms with van der Waals surface area (Å²) < 4.78 is 5.51. The second-order valence-corrected chi connectivity index (χ2v) is 5.90. The summed E-state index contributed by atoms with van der Waals surface area (Å²) in [7, 11) is 0. The number of nitrogens with one attached hydrogen (secondary N) is 3. The van der Waals surface area contributed by atoms with E-state index >= 15 is 0 Å². The maximum Gasteiger partial charge on any atom is 0.239 e. The van der Waals surface area contributed by atoms with Crippen LogP contribution in [0.25, 0.3) is 11.5 Å². The number of nitrogens with zero attached hydrogens (tertiary/aromatic N) is 2. The topological polar surface area (TPSA) is 91.6 Å². The van der Waals surface area contributed by atoms with Crippen molar-refractivity contribution in [2.75, 3.05) is 13.1 Å². The van der Waals surface area contributed by atoms with Crippen LogP contribution in [0.1, 0.15) is 25.5 Å². The minimum absolute atomic E-state index is 0.0131. The van der Waals surface area contributed by atoms with E-state index < -0.39 is 0 Å². The Bertz CT molecular complexity index is 722. The van der Waals surface area contributed by atoms with Crippen molar-refractivity contribution in [3.8, 4) is 11.5 Å². The van der Waals surface area contributed by atoms with Crippen LogP contribution in [0.5, 0.6) is 0 Å². The number of aliphatic imine (C=N–C) groups is 1. The molecule has 7 nitrogen and oxygen atoms in total. The molecule has 3 rings (SSSR count). The molecule has 3 N–H and O–H groups in total. The van der Waals surface area contributed by atoms with Crippen LogP contribution < -0.4 is 16.0 Å². The van der Waals surface area contributed by atoms with E-state index in [2.05, 4.69) is 25.9 Å². The van der Waals surface area contributed by atoms with Crippen LogP contribution in [0, 0.1) is 0 Å². The molecule has 1 aliphatic rings. The Labute approximate surface area is 146 Å². The molecule has 0 spiro atoms. The molecule has 1 aromatic carbocycles. The number of oxazole rings is 1. The van der Waals surface area contributed by atoms with Crippen molar-refractivity contribution in [3.63, 3.8) is 0 Å². The molecule has 7 heteroatoms. The van der Waals surface area contributed by atoms with E-state index in [4.69, 9.17) is 4.42 Å². The first-order valence-electron chi connectivity index (χ1n) is 8.56. The molecule has 1 amide bonds. The normalized spacial score (nSPS) is 14.2. The van der Waals surface area contributed by atoms with Gasteiger partial charge in [0.05, 0.1) is 13.1 Å². The summed E-state index contributed by atoms with van der Waals surface area (Å²) in [5.74, 6) is 1.14. The van der Waals surface area contributed by atoms with Gasteiger partial charge in [-0.15, -0.1) is 0 Å². The highest BCUT2D eigenvalue weighted by atomic mass is 16.3. The summed E-state index contributed by atoms with van der Waals surface area (Å²) in [4.78, 5) is 20.6. The summed E-state index contributed by atoms with van der Waals surface area (Å²) in [6, 6.07) is 10.1. The van der Waals surface area contributed by atoms with Gasteiger partial charge in [-0.2, -0.15) is 0 Å². The van der Waals surface area contributed by atoms with Crippen LogP contribution in [-0.2, 0) is 11.3 Å². The van der Waals surface area contributed by atoms with Gasteiger partial charge < -0.3 is 20.4 Å². The van der Waals surface area contributed by atoms with Crippen LogP contribution in [0.4, 0.5) is 0 Å². The lowest BCUT2D eigenvalue weighted by Crippen LogP contribution is -2.43. The number of carbonyl (C=O) groups is 1. The molecule has 1 aliphatic carbocycles. The predicted molar refractivity (Wildman–Crippen MR) is 95.9 cm³/mol. The number of hydrogen-bond acceptors (Lipinski definition) is 4. The van der Waals surface area contributed by atoms with E-state index in [-0.39, 0.29) is 12.5 Å². The molecular weight excluding hydrogens is 318 g/mol. The van der Waals surface area contributed by atoms with E-state index in [9.17, 15) is 4.79 Å². The van der Waals surface area contributed by atoms with Crippen molar-refractivity contribution in [3.05, 3.63) is 42.3 Å². The van der Waals surface area contributed by atoms with Gasteiger partial charge in [-0.25, -0.2) is 9.98 Å². The largest absolute Gasteiger partial charge is 0.444 e. The number of benzene rings is 1. The minimum Gasteiger partial charge on any atom is -0.444 e. The fraction of sp³-hybridized carbons (Fsp3) is 0.389. The number of rotatable bonds is 7. The molecule has 0 saturated heterocycles. The highest BCUT2D eigenvalue weighted by molar-refractivity contribution is 5.86. The summed E-state index contributed by atoms with van der Waals surface area (Å²) >= 11 is 0. The predicted octanol–water partition coefficient (Wildman–Crippen LogP) is 1.68. The summed E-state index contributed by atoms with van der Waals surface area (Å²) in [6.45, 7) is 3.27. The first-order chi connectivity index (χ1) is 12.2. The highest BCUT2D eigenvalue weighted by Gasteiger charge is 2.22. The van der Waals surface area contributed by atoms with Gasteiger partial charge in [0.2, 0.25) is 11.8 Å². The Morgan fingerprint density at radius 1 is 1.28 bits per heavy atom. The van der Waals surface area contributed by atoms with Gasteiger partial charge >= 0.3 is 0 Å².